The third kappa shape index (κ3) is 2.33. The van der Waals surface area contributed by atoms with Crippen molar-refractivity contribution in [2.24, 2.45) is 11.1 Å². The molecular weight excluding hydrogens is 244 g/mol. The van der Waals surface area contributed by atoms with E-state index in [1.54, 1.807) is 6.07 Å². The molecule has 3 rings (SSSR count). The van der Waals surface area contributed by atoms with Crippen LogP contribution in [0.5, 0.6) is 0 Å². The van der Waals surface area contributed by atoms with Gasteiger partial charge in [0.05, 0.1) is 0 Å². The van der Waals surface area contributed by atoms with Gasteiger partial charge in [-0.25, -0.2) is 0 Å². The Morgan fingerprint density at radius 3 is 3.21 bits per heavy atom. The van der Waals surface area contributed by atoms with Crippen molar-refractivity contribution in [3.63, 3.8) is 0 Å². The fourth-order valence-electron chi connectivity index (χ4n) is 2.50. The number of nitrogens with zero attached hydrogens (tertiary/aromatic N) is 4. The van der Waals surface area contributed by atoms with Gasteiger partial charge in [0.25, 0.3) is 0 Å². The molecule has 1 aliphatic heterocycles. The Bertz CT molecular complexity index is 536. The van der Waals surface area contributed by atoms with Gasteiger partial charge in [0.2, 0.25) is 5.95 Å². The smallest absolute Gasteiger partial charge is 0.245 e. The number of hydrogen-bond donors (Lipinski definition) is 2. The van der Waals surface area contributed by atoms with Crippen LogP contribution in [0.25, 0.3) is 11.5 Å². The number of H-pyrrole nitrogens is 1. The molecule has 0 aliphatic carbocycles. The third-order valence-corrected chi connectivity index (χ3v) is 3.71. The molecule has 7 heteroatoms. The Balaban J connectivity index is 1.79. The fourth-order valence-corrected chi connectivity index (χ4v) is 2.50. The van der Waals surface area contributed by atoms with E-state index in [0.717, 1.165) is 25.9 Å². The topological polar surface area (TPSA) is 96.9 Å². The van der Waals surface area contributed by atoms with Crippen LogP contribution < -0.4 is 10.6 Å². The highest BCUT2D eigenvalue weighted by molar-refractivity contribution is 5.49. The molecule has 0 saturated carbocycles. The lowest BCUT2D eigenvalue weighted by atomic mass is 9.82. The van der Waals surface area contributed by atoms with Gasteiger partial charge >= 0.3 is 0 Å². The summed E-state index contributed by atoms with van der Waals surface area (Å²) in [5.41, 5.74) is 6.67. The summed E-state index contributed by atoms with van der Waals surface area (Å²) in [5.74, 6) is 1.33. The van der Waals surface area contributed by atoms with Crippen LogP contribution in [-0.2, 0) is 0 Å². The SMILES string of the molecule is CC1(CN)CCCN(c2n[nH]c(-c3ccon3)n2)C1. The van der Waals surface area contributed by atoms with Gasteiger partial charge in [0.1, 0.15) is 6.26 Å². The van der Waals surface area contributed by atoms with Gasteiger partial charge in [0, 0.05) is 19.2 Å². The summed E-state index contributed by atoms with van der Waals surface area (Å²) in [4.78, 5) is 6.65. The Labute approximate surface area is 111 Å². The quantitative estimate of drug-likeness (QED) is 0.857. The molecule has 1 atom stereocenters. The second-order valence-corrected chi connectivity index (χ2v) is 5.41. The van der Waals surface area contributed by atoms with Gasteiger partial charge in [0.15, 0.2) is 11.5 Å². The van der Waals surface area contributed by atoms with Crippen LogP contribution in [-0.4, -0.2) is 40.0 Å². The molecular formula is C12H18N6O. The highest BCUT2D eigenvalue weighted by atomic mass is 16.5. The first-order chi connectivity index (χ1) is 9.20. The average Bonchev–Trinajstić information content (AvgIpc) is 3.09. The van der Waals surface area contributed by atoms with E-state index < -0.39 is 0 Å². The monoisotopic (exact) mass is 262 g/mol. The van der Waals surface area contributed by atoms with Crippen molar-refractivity contribution < 1.29 is 4.52 Å². The zero-order valence-electron chi connectivity index (χ0n) is 11.0. The molecule has 3 heterocycles. The van der Waals surface area contributed by atoms with Crippen LogP contribution in [0.2, 0.25) is 0 Å². The van der Waals surface area contributed by atoms with Crippen LogP contribution in [0.15, 0.2) is 16.9 Å². The summed E-state index contributed by atoms with van der Waals surface area (Å²) in [6.45, 7) is 4.75. The molecule has 0 bridgehead atoms. The van der Waals surface area contributed by atoms with E-state index in [0.29, 0.717) is 24.0 Å². The lowest BCUT2D eigenvalue weighted by Crippen LogP contribution is -2.46. The third-order valence-electron chi connectivity index (χ3n) is 3.71. The number of aromatic nitrogens is 4. The van der Waals surface area contributed by atoms with Crippen molar-refractivity contribution in [2.45, 2.75) is 19.8 Å². The first-order valence-electron chi connectivity index (χ1n) is 6.48. The van der Waals surface area contributed by atoms with Crippen molar-refractivity contribution in [2.75, 3.05) is 24.5 Å². The largest absolute Gasteiger partial charge is 0.364 e. The zero-order valence-corrected chi connectivity index (χ0v) is 11.0. The second-order valence-electron chi connectivity index (χ2n) is 5.41. The molecule has 1 unspecified atom stereocenters. The van der Waals surface area contributed by atoms with Gasteiger partial charge in [-0.1, -0.05) is 12.1 Å². The minimum absolute atomic E-state index is 0.146. The van der Waals surface area contributed by atoms with Gasteiger partial charge in [-0.15, -0.1) is 5.10 Å². The molecule has 0 spiro atoms. The molecule has 1 fully saturated rings. The summed E-state index contributed by atoms with van der Waals surface area (Å²) >= 11 is 0. The van der Waals surface area contributed by atoms with Crippen molar-refractivity contribution in [3.8, 4) is 11.5 Å². The molecule has 7 nitrogen and oxygen atoms in total. The van der Waals surface area contributed by atoms with E-state index in [-0.39, 0.29) is 5.41 Å². The van der Waals surface area contributed by atoms with Crippen LogP contribution >= 0.6 is 0 Å². The lowest BCUT2D eigenvalue weighted by molar-refractivity contribution is 0.270. The summed E-state index contributed by atoms with van der Waals surface area (Å²) in [6, 6.07) is 1.75. The van der Waals surface area contributed by atoms with Crippen LogP contribution in [0, 0.1) is 5.41 Å². The highest BCUT2D eigenvalue weighted by Gasteiger charge is 2.31. The van der Waals surface area contributed by atoms with E-state index in [9.17, 15) is 0 Å². The molecule has 2 aromatic rings. The molecule has 3 N–H and O–H groups in total. The molecule has 0 aromatic carbocycles. The Morgan fingerprint density at radius 2 is 2.47 bits per heavy atom. The van der Waals surface area contributed by atoms with Crippen LogP contribution in [0.1, 0.15) is 19.8 Å². The molecule has 1 aliphatic rings. The summed E-state index contributed by atoms with van der Waals surface area (Å²) < 4.78 is 4.81. The van der Waals surface area contributed by atoms with Crippen LogP contribution in [0.3, 0.4) is 0 Å². The minimum atomic E-state index is 0.146. The number of nitrogens with one attached hydrogen (secondary N) is 1. The molecule has 1 saturated heterocycles. The maximum Gasteiger partial charge on any atom is 0.245 e. The number of rotatable bonds is 3. The Hall–Kier alpha value is -1.89. The average molecular weight is 262 g/mol. The summed E-state index contributed by atoms with van der Waals surface area (Å²) in [5, 5.41) is 11.0. The number of anilines is 1. The minimum Gasteiger partial charge on any atom is -0.364 e. The van der Waals surface area contributed by atoms with E-state index in [4.69, 9.17) is 10.3 Å². The van der Waals surface area contributed by atoms with Gasteiger partial charge < -0.3 is 15.2 Å². The number of piperidine rings is 1. The second kappa shape index (κ2) is 4.65. The van der Waals surface area contributed by atoms with E-state index >= 15 is 0 Å². The van der Waals surface area contributed by atoms with E-state index in [1.165, 1.54) is 6.26 Å². The predicted molar refractivity (Wildman–Crippen MR) is 70.5 cm³/mol. The number of hydrogen-bond acceptors (Lipinski definition) is 6. The Morgan fingerprint density at radius 1 is 1.58 bits per heavy atom. The standard InChI is InChI=1S/C12H18N6O/c1-12(7-13)4-2-5-18(8-12)11-14-10(15-16-11)9-3-6-19-17-9/h3,6H,2,4-5,7-8,13H2,1H3,(H,14,15,16). The van der Waals surface area contributed by atoms with Crippen molar-refractivity contribution in [3.05, 3.63) is 12.3 Å². The molecule has 0 radical (unpaired) electrons. The van der Waals surface area contributed by atoms with Gasteiger partial charge in [-0.3, -0.25) is 5.10 Å². The number of aromatic amines is 1. The molecule has 102 valence electrons. The maximum atomic E-state index is 5.86. The molecule has 19 heavy (non-hydrogen) atoms. The normalized spacial score (nSPS) is 23.8. The first-order valence-corrected chi connectivity index (χ1v) is 6.48. The van der Waals surface area contributed by atoms with Gasteiger partial charge in [-0.05, 0) is 24.8 Å². The molecule has 2 aromatic heterocycles. The van der Waals surface area contributed by atoms with Crippen molar-refractivity contribution in [1.29, 1.82) is 0 Å². The summed E-state index contributed by atoms with van der Waals surface area (Å²) in [7, 11) is 0. The first kappa shape index (κ1) is 12.2. The van der Waals surface area contributed by atoms with E-state index in [2.05, 4.69) is 32.2 Å². The lowest BCUT2D eigenvalue weighted by Gasteiger charge is -2.39. The van der Waals surface area contributed by atoms with Gasteiger partial charge in [-0.2, -0.15) is 4.98 Å². The number of nitrogens with two attached hydrogens (primary N) is 1. The van der Waals surface area contributed by atoms with Crippen molar-refractivity contribution in [1.82, 2.24) is 20.3 Å². The van der Waals surface area contributed by atoms with E-state index in [1.807, 2.05) is 0 Å². The molecule has 0 amide bonds. The van der Waals surface area contributed by atoms with Crippen LogP contribution in [0.4, 0.5) is 5.95 Å². The maximum absolute atomic E-state index is 5.86. The summed E-state index contributed by atoms with van der Waals surface area (Å²) in [6.07, 6.45) is 3.78. The van der Waals surface area contributed by atoms with Crippen molar-refractivity contribution >= 4 is 5.95 Å². The highest BCUT2D eigenvalue weighted by Crippen LogP contribution is 2.30. The Kier molecular flexibility index (Phi) is 2.98. The zero-order chi connectivity index (χ0) is 13.3. The predicted octanol–water partition coefficient (Wildman–Crippen LogP) is 1.02. The fraction of sp³-hybridized carbons (Fsp3) is 0.583.